The number of anilines is 1. The van der Waals surface area contributed by atoms with Crippen molar-refractivity contribution in [3.8, 4) is 0 Å². The van der Waals surface area contributed by atoms with Crippen LogP contribution in [0.15, 0.2) is 47.8 Å². The molecular weight excluding hydrogens is 312 g/mol. The summed E-state index contributed by atoms with van der Waals surface area (Å²) in [5, 5.41) is 3.89. The summed E-state index contributed by atoms with van der Waals surface area (Å²) in [5.41, 5.74) is 2.68. The number of nitrogens with zero attached hydrogens (tertiary/aromatic N) is 3. The molecule has 0 unspecified atom stereocenters. The molecule has 1 aromatic carbocycles. The predicted octanol–water partition coefficient (Wildman–Crippen LogP) is 2.35. The number of benzene rings is 1. The number of hydrogen-bond donors (Lipinski definition) is 1. The molecule has 0 saturated carbocycles. The normalized spacial score (nSPS) is 11.6. The summed E-state index contributed by atoms with van der Waals surface area (Å²) in [6.07, 6.45) is 4.38. The topological polar surface area (TPSA) is 84.8 Å². The molecule has 0 aliphatic heterocycles. The van der Waals surface area contributed by atoms with Crippen LogP contribution in [0.25, 0.3) is 10.9 Å². The molecule has 0 atom stereocenters. The Labute approximate surface area is 134 Å². The third-order valence-electron chi connectivity index (χ3n) is 3.58. The lowest BCUT2D eigenvalue weighted by Crippen LogP contribution is -2.06. The molecule has 6 nitrogen and oxygen atoms in total. The van der Waals surface area contributed by atoms with E-state index in [0.29, 0.717) is 23.3 Å². The van der Waals surface area contributed by atoms with Crippen LogP contribution in [0.5, 0.6) is 0 Å². The molecule has 0 amide bonds. The number of aromatic nitrogens is 3. The summed E-state index contributed by atoms with van der Waals surface area (Å²) >= 11 is 0. The highest BCUT2D eigenvalue weighted by molar-refractivity contribution is 7.90. The van der Waals surface area contributed by atoms with E-state index in [9.17, 15) is 8.42 Å². The van der Waals surface area contributed by atoms with E-state index in [1.54, 1.807) is 24.4 Å². The second-order valence-electron chi connectivity index (χ2n) is 5.29. The van der Waals surface area contributed by atoms with E-state index in [1.807, 2.05) is 19.1 Å². The molecule has 118 valence electrons. The van der Waals surface area contributed by atoms with E-state index >= 15 is 0 Å². The molecular formula is C16H16N4O2S. The molecule has 0 spiro atoms. The van der Waals surface area contributed by atoms with E-state index in [-0.39, 0.29) is 4.90 Å². The third kappa shape index (κ3) is 3.29. The first-order valence-electron chi connectivity index (χ1n) is 7.04. The van der Waals surface area contributed by atoms with Gasteiger partial charge in [-0.15, -0.1) is 0 Å². The molecule has 0 radical (unpaired) electrons. The van der Waals surface area contributed by atoms with Crippen LogP contribution in [-0.2, 0) is 16.4 Å². The molecule has 2 heterocycles. The highest BCUT2D eigenvalue weighted by Gasteiger charge is 2.11. The van der Waals surface area contributed by atoms with Gasteiger partial charge in [0.15, 0.2) is 9.84 Å². The minimum Gasteiger partial charge on any atom is -0.364 e. The van der Waals surface area contributed by atoms with Crippen molar-refractivity contribution in [3.63, 3.8) is 0 Å². The maximum Gasteiger partial charge on any atom is 0.175 e. The quantitative estimate of drug-likeness (QED) is 0.791. The number of rotatable bonds is 4. The van der Waals surface area contributed by atoms with Gasteiger partial charge in [0.05, 0.1) is 22.7 Å². The number of fused-ring (bicyclic) bond motifs is 1. The first-order valence-corrected chi connectivity index (χ1v) is 8.93. The molecule has 0 saturated heterocycles. The van der Waals surface area contributed by atoms with Crippen LogP contribution in [0.4, 0.5) is 5.82 Å². The van der Waals surface area contributed by atoms with E-state index in [2.05, 4.69) is 20.3 Å². The molecule has 3 aromatic rings. The van der Waals surface area contributed by atoms with Crippen molar-refractivity contribution in [3.05, 3.63) is 54.1 Å². The molecule has 3 rings (SSSR count). The van der Waals surface area contributed by atoms with Crippen LogP contribution in [-0.4, -0.2) is 29.6 Å². The number of pyridine rings is 1. The van der Waals surface area contributed by atoms with Gasteiger partial charge in [-0.05, 0) is 36.8 Å². The average Bonchev–Trinajstić information content (AvgIpc) is 2.53. The average molecular weight is 328 g/mol. The van der Waals surface area contributed by atoms with Gasteiger partial charge < -0.3 is 5.32 Å². The third-order valence-corrected chi connectivity index (χ3v) is 4.69. The van der Waals surface area contributed by atoms with E-state index in [4.69, 9.17) is 0 Å². The summed E-state index contributed by atoms with van der Waals surface area (Å²) in [6.45, 7) is 2.49. The van der Waals surface area contributed by atoms with Crippen molar-refractivity contribution in [2.45, 2.75) is 18.4 Å². The number of hydrogen-bond acceptors (Lipinski definition) is 6. The standard InChI is InChI=1S/C16H16N4O2S/c1-11-4-3-7-17-15(11)9-18-16-13-8-12(23(2,21)22)5-6-14(13)19-10-20-16/h3-8,10H,9H2,1-2H3,(H,18,19,20). The maximum atomic E-state index is 11.7. The van der Waals surface area contributed by atoms with E-state index < -0.39 is 9.84 Å². The summed E-state index contributed by atoms with van der Waals surface area (Å²) in [4.78, 5) is 13.0. The van der Waals surface area contributed by atoms with E-state index in [0.717, 1.165) is 11.3 Å². The molecule has 1 N–H and O–H groups in total. The minimum atomic E-state index is -3.28. The zero-order valence-corrected chi connectivity index (χ0v) is 13.6. The van der Waals surface area contributed by atoms with Gasteiger partial charge in [-0.1, -0.05) is 6.07 Å². The summed E-state index contributed by atoms with van der Waals surface area (Å²) in [6, 6.07) is 8.71. The Morgan fingerprint density at radius 2 is 1.96 bits per heavy atom. The number of aryl methyl sites for hydroxylation is 1. The van der Waals surface area contributed by atoms with Crippen LogP contribution < -0.4 is 5.32 Å². The summed E-state index contributed by atoms with van der Waals surface area (Å²) < 4.78 is 23.5. The summed E-state index contributed by atoms with van der Waals surface area (Å²) in [7, 11) is -3.28. The van der Waals surface area contributed by atoms with Crippen molar-refractivity contribution in [2.75, 3.05) is 11.6 Å². The smallest absolute Gasteiger partial charge is 0.175 e. The molecule has 7 heteroatoms. The second kappa shape index (κ2) is 5.92. The zero-order chi connectivity index (χ0) is 16.4. The Hall–Kier alpha value is -2.54. The van der Waals surface area contributed by atoms with Crippen LogP contribution in [0.1, 0.15) is 11.3 Å². The zero-order valence-electron chi connectivity index (χ0n) is 12.8. The van der Waals surface area contributed by atoms with Crippen LogP contribution in [0.2, 0.25) is 0 Å². The predicted molar refractivity (Wildman–Crippen MR) is 88.9 cm³/mol. The van der Waals surface area contributed by atoms with Gasteiger partial charge in [0.2, 0.25) is 0 Å². The van der Waals surface area contributed by atoms with Gasteiger partial charge in [-0.3, -0.25) is 4.98 Å². The fourth-order valence-corrected chi connectivity index (χ4v) is 2.93. The van der Waals surface area contributed by atoms with Crippen LogP contribution >= 0.6 is 0 Å². The first kappa shape index (κ1) is 15.4. The molecule has 0 bridgehead atoms. The van der Waals surface area contributed by atoms with Gasteiger partial charge in [0, 0.05) is 17.8 Å². The number of nitrogens with one attached hydrogen (secondary N) is 1. The largest absolute Gasteiger partial charge is 0.364 e. The van der Waals surface area contributed by atoms with Crippen molar-refractivity contribution >= 4 is 26.6 Å². The highest BCUT2D eigenvalue weighted by atomic mass is 32.2. The maximum absolute atomic E-state index is 11.7. The van der Waals surface area contributed by atoms with Crippen molar-refractivity contribution in [1.29, 1.82) is 0 Å². The fraction of sp³-hybridized carbons (Fsp3) is 0.188. The molecule has 23 heavy (non-hydrogen) atoms. The highest BCUT2D eigenvalue weighted by Crippen LogP contribution is 2.23. The van der Waals surface area contributed by atoms with Gasteiger partial charge in [0.25, 0.3) is 0 Å². The molecule has 0 aliphatic rings. The van der Waals surface area contributed by atoms with E-state index in [1.165, 1.54) is 12.6 Å². The Morgan fingerprint density at radius 3 is 2.70 bits per heavy atom. The van der Waals surface area contributed by atoms with Crippen molar-refractivity contribution < 1.29 is 8.42 Å². The Morgan fingerprint density at radius 1 is 1.13 bits per heavy atom. The first-order chi connectivity index (χ1) is 10.9. The number of sulfone groups is 1. The second-order valence-corrected chi connectivity index (χ2v) is 7.31. The van der Waals surface area contributed by atoms with Gasteiger partial charge in [-0.25, -0.2) is 18.4 Å². The molecule has 2 aromatic heterocycles. The SMILES string of the molecule is Cc1cccnc1CNc1ncnc2ccc(S(C)(=O)=O)cc12. The monoisotopic (exact) mass is 328 g/mol. The van der Waals surface area contributed by atoms with Gasteiger partial charge in [0.1, 0.15) is 12.1 Å². The van der Waals surface area contributed by atoms with Gasteiger partial charge in [-0.2, -0.15) is 0 Å². The molecule has 0 aliphatic carbocycles. The van der Waals surface area contributed by atoms with Crippen molar-refractivity contribution in [2.24, 2.45) is 0 Å². The lowest BCUT2D eigenvalue weighted by atomic mass is 10.2. The van der Waals surface area contributed by atoms with Crippen LogP contribution in [0, 0.1) is 6.92 Å². The van der Waals surface area contributed by atoms with Gasteiger partial charge >= 0.3 is 0 Å². The Balaban J connectivity index is 1.99. The Kier molecular flexibility index (Phi) is 3.96. The fourth-order valence-electron chi connectivity index (χ4n) is 2.28. The van der Waals surface area contributed by atoms with Crippen LogP contribution in [0.3, 0.4) is 0 Å². The minimum absolute atomic E-state index is 0.247. The molecule has 0 fully saturated rings. The van der Waals surface area contributed by atoms with Crippen molar-refractivity contribution in [1.82, 2.24) is 15.0 Å². The Bertz CT molecular complexity index is 971. The summed E-state index contributed by atoms with van der Waals surface area (Å²) in [5.74, 6) is 0.588. The lowest BCUT2D eigenvalue weighted by Gasteiger charge is -2.10. The lowest BCUT2D eigenvalue weighted by molar-refractivity contribution is 0.602.